The molecule has 1 aromatic rings. The summed E-state index contributed by atoms with van der Waals surface area (Å²) in [6.45, 7) is 0. The number of aliphatic carboxylic acids is 1. The smallest absolute Gasteiger partial charge is 0.303 e. The van der Waals surface area contributed by atoms with Gasteiger partial charge < -0.3 is 5.11 Å². The summed E-state index contributed by atoms with van der Waals surface area (Å²) in [6.07, 6.45) is -1.87. The quantitative estimate of drug-likeness (QED) is 0.656. The molecule has 0 saturated heterocycles. The number of carboxylic acid groups (broad SMARTS) is 1. The van der Waals surface area contributed by atoms with Crippen molar-refractivity contribution in [3.63, 3.8) is 0 Å². The third kappa shape index (κ3) is 3.41. The van der Waals surface area contributed by atoms with E-state index in [2.05, 4.69) is 0 Å². The van der Waals surface area contributed by atoms with Crippen LogP contribution in [0.5, 0.6) is 0 Å². The van der Waals surface area contributed by atoms with Crippen LogP contribution in [0.15, 0.2) is 12.1 Å². The molecular weight excluding hydrogens is 259 g/mol. The molecule has 0 fully saturated rings. The van der Waals surface area contributed by atoms with Gasteiger partial charge in [-0.1, -0.05) is 0 Å². The van der Waals surface area contributed by atoms with Crippen molar-refractivity contribution in [2.45, 2.75) is 25.2 Å². The van der Waals surface area contributed by atoms with Gasteiger partial charge in [-0.05, 0) is 12.5 Å². The average molecular weight is 268 g/mol. The second kappa shape index (κ2) is 5.32. The maximum Gasteiger partial charge on any atom is 0.303 e. The number of carbonyl (C=O) groups is 1. The van der Waals surface area contributed by atoms with Crippen molar-refractivity contribution in [3.05, 3.63) is 35.1 Å². The van der Waals surface area contributed by atoms with E-state index in [0.717, 1.165) is 0 Å². The van der Waals surface area contributed by atoms with Crippen LogP contribution in [-0.4, -0.2) is 11.1 Å². The summed E-state index contributed by atoms with van der Waals surface area (Å²) in [5.74, 6) is -9.71. The largest absolute Gasteiger partial charge is 0.481 e. The second-order valence-corrected chi connectivity index (χ2v) is 3.70. The van der Waals surface area contributed by atoms with Crippen LogP contribution in [0.1, 0.15) is 24.8 Å². The Morgan fingerprint density at radius 2 is 1.67 bits per heavy atom. The summed E-state index contributed by atoms with van der Waals surface area (Å²) in [4.78, 5) is 10.2. The number of hydrogen-bond donors (Lipinski definition) is 1. The molecular formula is C11H9F5O2. The van der Waals surface area contributed by atoms with Crippen LogP contribution >= 0.6 is 0 Å². The molecule has 100 valence electrons. The van der Waals surface area contributed by atoms with Crippen molar-refractivity contribution >= 4 is 5.97 Å². The molecule has 0 aromatic heterocycles. The van der Waals surface area contributed by atoms with Crippen LogP contribution in [0.2, 0.25) is 0 Å². The predicted octanol–water partition coefficient (Wildman–Crippen LogP) is 3.45. The molecule has 0 amide bonds. The van der Waals surface area contributed by atoms with Crippen LogP contribution in [0, 0.1) is 17.5 Å². The summed E-state index contributed by atoms with van der Waals surface area (Å²) < 4.78 is 65.4. The van der Waals surface area contributed by atoms with Crippen molar-refractivity contribution in [1.82, 2.24) is 0 Å². The van der Waals surface area contributed by atoms with Crippen LogP contribution in [-0.2, 0) is 10.7 Å². The predicted molar refractivity (Wildman–Crippen MR) is 51.7 cm³/mol. The Kier molecular flexibility index (Phi) is 4.26. The minimum Gasteiger partial charge on any atom is -0.481 e. The van der Waals surface area contributed by atoms with E-state index >= 15 is 0 Å². The van der Waals surface area contributed by atoms with E-state index in [0.29, 0.717) is 0 Å². The normalized spacial score (nSPS) is 11.6. The first-order valence-electron chi connectivity index (χ1n) is 4.98. The van der Waals surface area contributed by atoms with Crippen molar-refractivity contribution < 1.29 is 31.9 Å². The second-order valence-electron chi connectivity index (χ2n) is 3.70. The number of alkyl halides is 2. The minimum absolute atomic E-state index is 0.0375. The molecule has 0 aliphatic carbocycles. The van der Waals surface area contributed by atoms with Crippen LogP contribution < -0.4 is 0 Å². The zero-order chi connectivity index (χ0) is 13.9. The average Bonchev–Trinajstić information content (AvgIpc) is 2.22. The molecule has 18 heavy (non-hydrogen) atoms. The van der Waals surface area contributed by atoms with Crippen LogP contribution in [0.4, 0.5) is 22.0 Å². The standard InChI is InChI=1S/C11H9F5O2/c12-7-5-9(14)8(13)4-6(7)11(15,16)3-1-2-10(17)18/h4-5H,1-3H2,(H,17,18). The molecule has 0 unspecified atom stereocenters. The van der Waals surface area contributed by atoms with E-state index in [1.54, 1.807) is 0 Å². The lowest BCUT2D eigenvalue weighted by Gasteiger charge is -2.17. The fourth-order valence-corrected chi connectivity index (χ4v) is 1.40. The van der Waals surface area contributed by atoms with Gasteiger partial charge in [-0.2, -0.15) is 0 Å². The fourth-order valence-electron chi connectivity index (χ4n) is 1.40. The Morgan fingerprint density at radius 3 is 2.22 bits per heavy atom. The highest BCUT2D eigenvalue weighted by molar-refractivity contribution is 5.66. The monoisotopic (exact) mass is 268 g/mol. The van der Waals surface area contributed by atoms with Gasteiger partial charge >= 0.3 is 5.97 Å². The van der Waals surface area contributed by atoms with Gasteiger partial charge in [0.15, 0.2) is 11.6 Å². The highest BCUT2D eigenvalue weighted by Gasteiger charge is 2.35. The van der Waals surface area contributed by atoms with Gasteiger partial charge in [0.05, 0.1) is 5.56 Å². The molecule has 1 N–H and O–H groups in total. The lowest BCUT2D eigenvalue weighted by atomic mass is 10.0. The molecule has 0 heterocycles. The Labute approximate surface area is 99.0 Å². The van der Waals surface area contributed by atoms with Crippen LogP contribution in [0.25, 0.3) is 0 Å². The molecule has 0 saturated carbocycles. The lowest BCUT2D eigenvalue weighted by Crippen LogP contribution is -2.17. The number of carboxylic acids is 1. The Hall–Kier alpha value is -1.66. The van der Waals surface area contributed by atoms with Gasteiger partial charge in [0.1, 0.15) is 5.82 Å². The molecule has 7 heteroatoms. The van der Waals surface area contributed by atoms with Gasteiger partial charge in [0.25, 0.3) is 5.92 Å². The first kappa shape index (κ1) is 14.4. The highest BCUT2D eigenvalue weighted by atomic mass is 19.3. The molecule has 0 radical (unpaired) electrons. The summed E-state index contributed by atoms with van der Waals surface area (Å²) in [6, 6.07) is 0.126. The van der Waals surface area contributed by atoms with E-state index in [-0.39, 0.29) is 12.1 Å². The Bertz CT molecular complexity index is 459. The summed E-state index contributed by atoms with van der Waals surface area (Å²) in [5, 5.41) is 8.29. The van der Waals surface area contributed by atoms with Gasteiger partial charge in [-0.15, -0.1) is 0 Å². The zero-order valence-corrected chi connectivity index (χ0v) is 9.02. The third-order valence-electron chi connectivity index (χ3n) is 2.29. The minimum atomic E-state index is -3.74. The molecule has 0 aliphatic rings. The van der Waals surface area contributed by atoms with E-state index in [4.69, 9.17) is 5.11 Å². The maximum absolute atomic E-state index is 13.5. The molecule has 1 rings (SSSR count). The summed E-state index contributed by atoms with van der Waals surface area (Å²) in [7, 11) is 0. The molecule has 1 aromatic carbocycles. The van der Waals surface area contributed by atoms with E-state index in [9.17, 15) is 26.7 Å². The van der Waals surface area contributed by atoms with Gasteiger partial charge in [-0.25, -0.2) is 22.0 Å². The molecule has 0 aliphatic heterocycles. The molecule has 2 nitrogen and oxygen atoms in total. The number of halogens is 5. The summed E-state index contributed by atoms with van der Waals surface area (Å²) in [5.41, 5.74) is -1.27. The molecule has 0 bridgehead atoms. The Morgan fingerprint density at radius 1 is 1.11 bits per heavy atom. The van der Waals surface area contributed by atoms with Crippen molar-refractivity contribution in [2.24, 2.45) is 0 Å². The first-order valence-corrected chi connectivity index (χ1v) is 4.98. The Balaban J connectivity index is 2.90. The maximum atomic E-state index is 13.5. The van der Waals surface area contributed by atoms with Crippen molar-refractivity contribution in [3.8, 4) is 0 Å². The zero-order valence-electron chi connectivity index (χ0n) is 9.02. The van der Waals surface area contributed by atoms with Gasteiger partial charge in [0, 0.05) is 18.9 Å². The fraction of sp³-hybridized carbons (Fsp3) is 0.364. The molecule has 0 atom stereocenters. The van der Waals surface area contributed by atoms with E-state index in [1.165, 1.54) is 0 Å². The van der Waals surface area contributed by atoms with Crippen LogP contribution in [0.3, 0.4) is 0 Å². The third-order valence-corrected chi connectivity index (χ3v) is 2.29. The topological polar surface area (TPSA) is 37.3 Å². The number of rotatable bonds is 5. The van der Waals surface area contributed by atoms with Crippen molar-refractivity contribution in [2.75, 3.05) is 0 Å². The molecule has 0 spiro atoms. The van der Waals surface area contributed by atoms with Gasteiger partial charge in [-0.3, -0.25) is 4.79 Å². The number of benzene rings is 1. The SMILES string of the molecule is O=C(O)CCCC(F)(F)c1cc(F)c(F)cc1F. The first-order chi connectivity index (χ1) is 8.24. The van der Waals surface area contributed by atoms with E-state index < -0.39 is 54.2 Å². The lowest BCUT2D eigenvalue weighted by molar-refractivity contribution is -0.137. The van der Waals surface area contributed by atoms with Crippen molar-refractivity contribution in [1.29, 1.82) is 0 Å². The number of hydrogen-bond acceptors (Lipinski definition) is 1. The summed E-state index contributed by atoms with van der Waals surface area (Å²) >= 11 is 0. The highest BCUT2D eigenvalue weighted by Crippen LogP contribution is 2.35. The van der Waals surface area contributed by atoms with E-state index in [1.807, 2.05) is 0 Å². The van der Waals surface area contributed by atoms with Gasteiger partial charge in [0.2, 0.25) is 0 Å².